The number of nitrogens with zero attached hydrogens (tertiary/aromatic N) is 1. The summed E-state index contributed by atoms with van der Waals surface area (Å²) in [7, 11) is 0. The molecule has 1 aromatic rings. The van der Waals surface area contributed by atoms with Crippen molar-refractivity contribution in [2.45, 2.75) is 23.8 Å². The molecule has 0 bridgehead atoms. The zero-order valence-corrected chi connectivity index (χ0v) is 8.78. The summed E-state index contributed by atoms with van der Waals surface area (Å²) in [6.07, 6.45) is 2.05. The molecule has 1 saturated carbocycles. The van der Waals surface area contributed by atoms with Crippen LogP contribution in [0, 0.1) is 0 Å². The summed E-state index contributed by atoms with van der Waals surface area (Å²) in [5.74, 6) is -0.936. The van der Waals surface area contributed by atoms with Crippen LogP contribution in [-0.4, -0.2) is 26.8 Å². The highest BCUT2D eigenvalue weighted by atomic mass is 32.2. The van der Waals surface area contributed by atoms with Gasteiger partial charge in [-0.15, -0.1) is 4.47 Å². The molecule has 1 aromatic carbocycles. The Morgan fingerprint density at radius 3 is 2.40 bits per heavy atom. The van der Waals surface area contributed by atoms with Gasteiger partial charge < -0.3 is 10.3 Å². The largest absolute Gasteiger partial charge is 0.478 e. The molecule has 1 fully saturated rings. The molecule has 4 nitrogen and oxygen atoms in total. The number of carboxylic acids is 1. The lowest BCUT2D eigenvalue weighted by molar-refractivity contribution is 0.00855. The Kier molecular flexibility index (Phi) is 2.95. The zero-order valence-electron chi connectivity index (χ0n) is 7.96. The second-order valence-electron chi connectivity index (χ2n) is 3.45. The third kappa shape index (κ3) is 2.71. The Morgan fingerprint density at radius 2 is 1.93 bits per heavy atom. The molecule has 1 aliphatic rings. The third-order valence-electron chi connectivity index (χ3n) is 2.16. The van der Waals surface area contributed by atoms with E-state index in [2.05, 4.69) is 0 Å². The summed E-state index contributed by atoms with van der Waals surface area (Å²) >= 11 is 1.23. The molecule has 5 heteroatoms. The van der Waals surface area contributed by atoms with Gasteiger partial charge in [0.05, 0.1) is 5.56 Å². The molecule has 0 heterocycles. The standard InChI is InChI=1S/C10H11NO3S/c12-10(13)7-1-5-9(6-2-7)15-11(14)8-3-4-8/h1-2,5-6,8,14H,3-4H2,(H,12,13). The van der Waals surface area contributed by atoms with Crippen LogP contribution in [0.3, 0.4) is 0 Å². The van der Waals surface area contributed by atoms with Gasteiger partial charge in [-0.3, -0.25) is 0 Å². The minimum absolute atomic E-state index is 0.258. The van der Waals surface area contributed by atoms with Crippen LogP contribution in [0.5, 0.6) is 0 Å². The van der Waals surface area contributed by atoms with Gasteiger partial charge in [-0.1, -0.05) is 0 Å². The number of benzene rings is 1. The average molecular weight is 225 g/mol. The highest BCUT2D eigenvalue weighted by molar-refractivity contribution is 7.96. The molecule has 0 unspecified atom stereocenters. The predicted molar refractivity (Wildman–Crippen MR) is 55.9 cm³/mol. The van der Waals surface area contributed by atoms with E-state index in [0.717, 1.165) is 17.7 Å². The van der Waals surface area contributed by atoms with Crippen molar-refractivity contribution >= 4 is 17.9 Å². The Morgan fingerprint density at radius 1 is 1.33 bits per heavy atom. The maximum Gasteiger partial charge on any atom is 0.335 e. The summed E-state index contributed by atoms with van der Waals surface area (Å²) in [6.45, 7) is 0. The van der Waals surface area contributed by atoms with Gasteiger partial charge in [-0.2, -0.15) is 0 Å². The normalized spacial score (nSPS) is 15.6. The number of carboxylic acid groups (broad SMARTS) is 1. The van der Waals surface area contributed by atoms with Crippen LogP contribution in [0.4, 0.5) is 0 Å². The lowest BCUT2D eigenvalue weighted by atomic mass is 10.2. The number of rotatable bonds is 4. The predicted octanol–water partition coefficient (Wildman–Crippen LogP) is 2.25. The van der Waals surface area contributed by atoms with Crippen LogP contribution in [0.2, 0.25) is 0 Å². The van der Waals surface area contributed by atoms with E-state index in [4.69, 9.17) is 5.11 Å². The summed E-state index contributed by atoms with van der Waals surface area (Å²) in [5, 5.41) is 18.2. The Hall–Kier alpha value is -1.04. The highest BCUT2D eigenvalue weighted by Crippen LogP contribution is 2.33. The first kappa shape index (κ1) is 10.5. The summed E-state index contributed by atoms with van der Waals surface area (Å²) in [4.78, 5) is 11.4. The quantitative estimate of drug-likeness (QED) is 0.608. The van der Waals surface area contributed by atoms with Crippen LogP contribution in [0.1, 0.15) is 23.2 Å². The van der Waals surface area contributed by atoms with E-state index < -0.39 is 5.97 Å². The number of hydrogen-bond acceptors (Lipinski definition) is 4. The Bertz CT molecular complexity index is 361. The van der Waals surface area contributed by atoms with Crippen LogP contribution in [-0.2, 0) is 0 Å². The van der Waals surface area contributed by atoms with Gasteiger partial charge in [0.25, 0.3) is 0 Å². The highest BCUT2D eigenvalue weighted by Gasteiger charge is 2.28. The first-order chi connectivity index (χ1) is 7.16. The molecule has 0 amide bonds. The van der Waals surface area contributed by atoms with E-state index in [1.54, 1.807) is 12.1 Å². The smallest absolute Gasteiger partial charge is 0.335 e. The number of aromatic carboxylic acids is 1. The molecular weight excluding hydrogens is 214 g/mol. The van der Waals surface area contributed by atoms with Gasteiger partial charge in [-0.25, -0.2) is 4.79 Å². The second kappa shape index (κ2) is 4.22. The fraction of sp³-hybridized carbons (Fsp3) is 0.300. The summed E-state index contributed by atoms with van der Waals surface area (Å²) in [6, 6.07) is 6.71. The minimum Gasteiger partial charge on any atom is -0.478 e. The van der Waals surface area contributed by atoms with E-state index in [9.17, 15) is 10.0 Å². The maximum absolute atomic E-state index is 10.6. The SMILES string of the molecule is O=C(O)c1ccc(SN(O)C2CC2)cc1. The lowest BCUT2D eigenvalue weighted by Gasteiger charge is -2.11. The Balaban J connectivity index is 1.99. The Labute approximate surface area is 91.6 Å². The number of carbonyl (C=O) groups is 1. The molecular formula is C10H11NO3S. The summed E-state index contributed by atoms with van der Waals surface area (Å²) < 4.78 is 1.23. The van der Waals surface area contributed by atoms with Crippen molar-refractivity contribution in [3.63, 3.8) is 0 Å². The zero-order chi connectivity index (χ0) is 10.8. The first-order valence-electron chi connectivity index (χ1n) is 4.66. The van der Waals surface area contributed by atoms with Crippen LogP contribution in [0.25, 0.3) is 0 Å². The molecule has 0 saturated heterocycles. The van der Waals surface area contributed by atoms with E-state index >= 15 is 0 Å². The van der Waals surface area contributed by atoms with Gasteiger partial charge in [0.2, 0.25) is 0 Å². The molecule has 0 atom stereocenters. The lowest BCUT2D eigenvalue weighted by Crippen LogP contribution is -2.11. The van der Waals surface area contributed by atoms with Crippen LogP contribution < -0.4 is 0 Å². The second-order valence-corrected chi connectivity index (χ2v) is 4.48. The molecule has 0 radical (unpaired) electrons. The van der Waals surface area contributed by atoms with Crippen molar-refractivity contribution < 1.29 is 15.1 Å². The monoisotopic (exact) mass is 225 g/mol. The maximum atomic E-state index is 10.6. The molecule has 0 spiro atoms. The molecule has 0 aromatic heterocycles. The fourth-order valence-corrected chi connectivity index (χ4v) is 1.97. The van der Waals surface area contributed by atoms with Gasteiger partial charge in [0.15, 0.2) is 0 Å². The average Bonchev–Trinajstić information content (AvgIpc) is 3.01. The molecule has 80 valence electrons. The van der Waals surface area contributed by atoms with E-state index in [1.165, 1.54) is 28.5 Å². The van der Waals surface area contributed by atoms with E-state index in [1.807, 2.05) is 0 Å². The van der Waals surface area contributed by atoms with Crippen molar-refractivity contribution in [2.75, 3.05) is 0 Å². The molecule has 0 aliphatic heterocycles. The molecule has 15 heavy (non-hydrogen) atoms. The van der Waals surface area contributed by atoms with Gasteiger partial charge >= 0.3 is 5.97 Å². The summed E-state index contributed by atoms with van der Waals surface area (Å²) in [5.41, 5.74) is 0.260. The molecule has 2 rings (SSSR count). The first-order valence-corrected chi connectivity index (χ1v) is 5.43. The van der Waals surface area contributed by atoms with Crippen molar-refractivity contribution in [2.24, 2.45) is 0 Å². The van der Waals surface area contributed by atoms with Gasteiger partial charge in [-0.05, 0) is 49.1 Å². The fourth-order valence-electron chi connectivity index (χ4n) is 1.14. The van der Waals surface area contributed by atoms with Gasteiger partial charge in [0.1, 0.15) is 0 Å². The van der Waals surface area contributed by atoms with Crippen molar-refractivity contribution in [3.8, 4) is 0 Å². The van der Waals surface area contributed by atoms with Crippen molar-refractivity contribution in [3.05, 3.63) is 29.8 Å². The molecule has 1 aliphatic carbocycles. The molecule has 2 N–H and O–H groups in total. The van der Waals surface area contributed by atoms with Crippen molar-refractivity contribution in [1.82, 2.24) is 4.47 Å². The van der Waals surface area contributed by atoms with E-state index in [-0.39, 0.29) is 11.6 Å². The van der Waals surface area contributed by atoms with Crippen molar-refractivity contribution in [1.29, 1.82) is 0 Å². The van der Waals surface area contributed by atoms with Crippen LogP contribution in [0.15, 0.2) is 29.2 Å². The topological polar surface area (TPSA) is 60.8 Å². The minimum atomic E-state index is -0.936. The number of hydrogen-bond donors (Lipinski definition) is 2. The van der Waals surface area contributed by atoms with Gasteiger partial charge in [0, 0.05) is 10.9 Å². The number of hydroxylamine groups is 1. The van der Waals surface area contributed by atoms with Crippen LogP contribution >= 0.6 is 11.9 Å². The van der Waals surface area contributed by atoms with E-state index in [0.29, 0.717) is 0 Å². The third-order valence-corrected chi connectivity index (χ3v) is 3.13.